The fraction of sp³-hybridized carbons (Fsp3) is 0.0526. The third-order valence-corrected chi connectivity index (χ3v) is 3.55. The van der Waals surface area contributed by atoms with Crippen molar-refractivity contribution in [3.05, 3.63) is 84.2 Å². The van der Waals surface area contributed by atoms with E-state index in [-0.39, 0.29) is 11.3 Å². The number of halogens is 2. The molecule has 26 heavy (non-hydrogen) atoms. The molecule has 0 aliphatic rings. The predicted molar refractivity (Wildman–Crippen MR) is 91.0 cm³/mol. The Morgan fingerprint density at radius 2 is 1.69 bits per heavy atom. The van der Waals surface area contributed by atoms with Crippen LogP contribution in [0.15, 0.2) is 67.0 Å². The Morgan fingerprint density at radius 3 is 2.35 bits per heavy atom. The van der Waals surface area contributed by atoms with Gasteiger partial charge in [-0.1, -0.05) is 0 Å². The van der Waals surface area contributed by atoms with Crippen molar-refractivity contribution in [2.45, 2.75) is 0 Å². The highest BCUT2D eigenvalue weighted by Crippen LogP contribution is 2.15. The number of nitrogens with zero attached hydrogens (tertiary/aromatic N) is 1. The van der Waals surface area contributed by atoms with Gasteiger partial charge in [-0.05, 0) is 48.5 Å². The van der Waals surface area contributed by atoms with Gasteiger partial charge in [0.2, 0.25) is 0 Å². The average molecular weight is 356 g/mol. The fourth-order valence-corrected chi connectivity index (χ4v) is 2.27. The van der Waals surface area contributed by atoms with Crippen LogP contribution in [0.5, 0.6) is 0 Å². The van der Waals surface area contributed by atoms with E-state index in [0.29, 0.717) is 6.07 Å². The number of carbonyl (C=O) groups is 2. The van der Waals surface area contributed by atoms with E-state index < -0.39 is 30.1 Å². The average Bonchev–Trinajstić information content (AvgIpc) is 3.17. The summed E-state index contributed by atoms with van der Waals surface area (Å²) < 4.78 is 33.1. The summed E-state index contributed by atoms with van der Waals surface area (Å²) in [4.78, 5) is 23.7. The molecule has 0 fully saturated rings. The molecule has 0 aliphatic carbocycles. The Kier molecular flexibility index (Phi) is 5.07. The van der Waals surface area contributed by atoms with E-state index in [1.54, 1.807) is 24.3 Å². The second kappa shape index (κ2) is 7.60. The Morgan fingerprint density at radius 1 is 1.00 bits per heavy atom. The van der Waals surface area contributed by atoms with Gasteiger partial charge in [0.25, 0.3) is 5.91 Å². The summed E-state index contributed by atoms with van der Waals surface area (Å²) in [7, 11) is 0. The van der Waals surface area contributed by atoms with Gasteiger partial charge < -0.3 is 14.6 Å². The monoisotopic (exact) mass is 356 g/mol. The van der Waals surface area contributed by atoms with Crippen LogP contribution in [0.4, 0.5) is 14.5 Å². The Bertz CT molecular complexity index is 922. The molecule has 0 spiro atoms. The number of aromatic nitrogens is 1. The van der Waals surface area contributed by atoms with E-state index in [2.05, 4.69) is 5.32 Å². The number of amides is 1. The number of anilines is 1. The van der Waals surface area contributed by atoms with Gasteiger partial charge in [-0.2, -0.15) is 0 Å². The van der Waals surface area contributed by atoms with Gasteiger partial charge in [-0.25, -0.2) is 13.6 Å². The topological polar surface area (TPSA) is 60.3 Å². The van der Waals surface area contributed by atoms with Crippen molar-refractivity contribution in [1.82, 2.24) is 4.57 Å². The quantitative estimate of drug-likeness (QED) is 0.711. The molecule has 5 nitrogen and oxygen atoms in total. The van der Waals surface area contributed by atoms with Gasteiger partial charge in [-0.3, -0.25) is 4.79 Å². The van der Waals surface area contributed by atoms with Crippen LogP contribution < -0.4 is 5.32 Å². The molecule has 0 radical (unpaired) electrons. The lowest BCUT2D eigenvalue weighted by Gasteiger charge is -2.08. The lowest BCUT2D eigenvalue weighted by Crippen LogP contribution is -2.21. The Balaban J connectivity index is 1.55. The molecule has 0 saturated heterocycles. The molecule has 1 aromatic heterocycles. The molecule has 132 valence electrons. The molecule has 0 aliphatic heterocycles. The number of hydrogen-bond donors (Lipinski definition) is 1. The number of rotatable bonds is 5. The van der Waals surface area contributed by atoms with E-state index in [9.17, 15) is 18.4 Å². The maximum atomic E-state index is 13.5. The summed E-state index contributed by atoms with van der Waals surface area (Å²) in [6, 6.07) is 13.1. The summed E-state index contributed by atoms with van der Waals surface area (Å²) in [5, 5.41) is 2.21. The first-order valence-electron chi connectivity index (χ1n) is 7.68. The van der Waals surface area contributed by atoms with E-state index in [4.69, 9.17) is 4.74 Å². The van der Waals surface area contributed by atoms with Crippen LogP contribution in [0.3, 0.4) is 0 Å². The van der Waals surface area contributed by atoms with E-state index >= 15 is 0 Å². The lowest BCUT2D eigenvalue weighted by atomic mass is 10.2. The van der Waals surface area contributed by atoms with Crippen molar-refractivity contribution in [3.63, 3.8) is 0 Å². The molecule has 0 bridgehead atoms. The first-order chi connectivity index (χ1) is 12.5. The van der Waals surface area contributed by atoms with Gasteiger partial charge in [0.05, 0.1) is 11.3 Å². The van der Waals surface area contributed by atoms with Gasteiger partial charge in [0.1, 0.15) is 11.6 Å². The SMILES string of the molecule is O=C(COC(=O)c1ccc(-n2cccc2)cc1)Nc1ccc(F)cc1F. The highest BCUT2D eigenvalue weighted by molar-refractivity contribution is 5.95. The Labute approximate surface area is 147 Å². The highest BCUT2D eigenvalue weighted by atomic mass is 19.1. The number of nitrogens with one attached hydrogen (secondary N) is 1. The normalized spacial score (nSPS) is 10.4. The minimum atomic E-state index is -0.912. The van der Waals surface area contributed by atoms with Crippen LogP contribution in [0.2, 0.25) is 0 Å². The molecule has 3 rings (SSSR count). The van der Waals surface area contributed by atoms with Crippen molar-refractivity contribution in [3.8, 4) is 5.69 Å². The lowest BCUT2D eigenvalue weighted by molar-refractivity contribution is -0.119. The first-order valence-corrected chi connectivity index (χ1v) is 7.68. The number of esters is 1. The summed E-state index contributed by atoms with van der Waals surface area (Å²) >= 11 is 0. The zero-order valence-electron chi connectivity index (χ0n) is 13.5. The van der Waals surface area contributed by atoms with Crippen LogP contribution >= 0.6 is 0 Å². The van der Waals surface area contributed by atoms with Crippen molar-refractivity contribution in [2.24, 2.45) is 0 Å². The fourth-order valence-electron chi connectivity index (χ4n) is 2.27. The molecule has 3 aromatic rings. The maximum Gasteiger partial charge on any atom is 0.338 e. The predicted octanol–water partition coefficient (Wildman–Crippen LogP) is 3.55. The molecular formula is C19H14F2N2O3. The number of benzene rings is 2. The molecule has 0 saturated carbocycles. The Hall–Kier alpha value is -3.48. The van der Waals surface area contributed by atoms with Crippen molar-refractivity contribution >= 4 is 17.6 Å². The molecule has 0 unspecified atom stereocenters. The summed E-state index contributed by atoms with van der Waals surface area (Å²) in [5.41, 5.74) is 0.960. The van der Waals surface area contributed by atoms with Crippen molar-refractivity contribution in [2.75, 3.05) is 11.9 Å². The van der Waals surface area contributed by atoms with Gasteiger partial charge in [0.15, 0.2) is 6.61 Å². The number of carbonyl (C=O) groups excluding carboxylic acids is 2. The molecular weight excluding hydrogens is 342 g/mol. The minimum Gasteiger partial charge on any atom is -0.452 e. The van der Waals surface area contributed by atoms with Gasteiger partial charge >= 0.3 is 5.97 Å². The van der Waals surface area contributed by atoms with Crippen LogP contribution in [0, 0.1) is 11.6 Å². The molecule has 0 atom stereocenters. The van der Waals surface area contributed by atoms with E-state index in [0.717, 1.165) is 17.8 Å². The zero-order valence-corrected chi connectivity index (χ0v) is 13.5. The standard InChI is InChI=1S/C19H14F2N2O3/c20-14-5-8-17(16(21)11-14)22-18(24)12-26-19(25)13-3-6-15(7-4-13)23-9-1-2-10-23/h1-11H,12H2,(H,22,24). The first kappa shape index (κ1) is 17.3. The second-order valence-corrected chi connectivity index (χ2v) is 5.39. The van der Waals surface area contributed by atoms with Crippen LogP contribution in [-0.4, -0.2) is 23.1 Å². The minimum absolute atomic E-state index is 0.191. The largest absolute Gasteiger partial charge is 0.452 e. The van der Waals surface area contributed by atoms with Gasteiger partial charge in [-0.15, -0.1) is 0 Å². The van der Waals surface area contributed by atoms with Crippen LogP contribution in [0.25, 0.3) is 5.69 Å². The number of hydrogen-bond acceptors (Lipinski definition) is 3. The van der Waals surface area contributed by atoms with Crippen LogP contribution in [-0.2, 0) is 9.53 Å². The smallest absolute Gasteiger partial charge is 0.338 e. The van der Waals surface area contributed by atoms with E-state index in [1.165, 1.54) is 0 Å². The molecule has 1 heterocycles. The summed E-state index contributed by atoms with van der Waals surface area (Å²) in [6.45, 7) is -0.588. The molecule has 2 aromatic carbocycles. The van der Waals surface area contributed by atoms with Crippen molar-refractivity contribution in [1.29, 1.82) is 0 Å². The molecule has 7 heteroatoms. The number of ether oxygens (including phenoxy) is 1. The zero-order chi connectivity index (χ0) is 18.5. The molecule has 1 amide bonds. The maximum absolute atomic E-state index is 13.5. The third kappa shape index (κ3) is 4.13. The third-order valence-electron chi connectivity index (χ3n) is 3.55. The highest BCUT2D eigenvalue weighted by Gasteiger charge is 2.12. The van der Waals surface area contributed by atoms with Gasteiger partial charge in [0, 0.05) is 24.1 Å². The second-order valence-electron chi connectivity index (χ2n) is 5.39. The van der Waals surface area contributed by atoms with Crippen LogP contribution in [0.1, 0.15) is 10.4 Å². The molecule has 1 N–H and O–H groups in total. The van der Waals surface area contributed by atoms with Crippen molar-refractivity contribution < 1.29 is 23.1 Å². The summed E-state index contributed by atoms with van der Waals surface area (Å²) in [5.74, 6) is -3.08. The summed E-state index contributed by atoms with van der Waals surface area (Å²) in [6.07, 6.45) is 3.73. The van der Waals surface area contributed by atoms with E-state index in [1.807, 2.05) is 29.1 Å².